The molecule has 1 aromatic carbocycles. The zero-order chi connectivity index (χ0) is 24.0. The highest BCUT2D eigenvalue weighted by atomic mass is 16.7. The van der Waals surface area contributed by atoms with Crippen LogP contribution in [-0.4, -0.2) is 46.3 Å². The molecule has 7 nitrogen and oxygen atoms in total. The van der Waals surface area contributed by atoms with Crippen molar-refractivity contribution in [2.24, 2.45) is 5.92 Å². The van der Waals surface area contributed by atoms with Crippen molar-refractivity contribution in [1.82, 2.24) is 15.1 Å². The Kier molecular flexibility index (Phi) is 6.29. The molecular weight excluding hydrogens is 417 g/mol. The predicted octanol–water partition coefficient (Wildman–Crippen LogP) is 4.59. The molecule has 2 heterocycles. The van der Waals surface area contributed by atoms with E-state index in [1.54, 1.807) is 0 Å². The van der Waals surface area contributed by atoms with Gasteiger partial charge in [0.1, 0.15) is 5.60 Å². The number of nitrogens with zero attached hydrogens (tertiary/aromatic N) is 2. The van der Waals surface area contributed by atoms with Gasteiger partial charge in [0.05, 0.1) is 22.8 Å². The van der Waals surface area contributed by atoms with Crippen molar-refractivity contribution in [3.8, 4) is 0 Å². The van der Waals surface area contributed by atoms with Gasteiger partial charge in [-0.15, -0.1) is 0 Å². The standard InChI is InChI=1S/C25H38BN3O4/c1-23(2,3)31-22(30)27-15-17-8-12-20(13-9-17)29-16-18-10-11-19(14-21(18)28-29)26-32-24(4,5)25(6,7)33-26/h10-11,14,16-17,20H,8-9,12-13,15H2,1-7H3,(H,27,30). The molecule has 0 atom stereocenters. The first-order valence-corrected chi connectivity index (χ1v) is 12.1. The lowest BCUT2D eigenvalue weighted by atomic mass is 9.79. The van der Waals surface area contributed by atoms with E-state index in [0.29, 0.717) is 18.5 Å². The first-order chi connectivity index (χ1) is 15.3. The molecule has 0 bridgehead atoms. The Hall–Kier alpha value is -2.06. The van der Waals surface area contributed by atoms with Gasteiger partial charge < -0.3 is 19.4 Å². The normalized spacial score (nSPS) is 24.8. The van der Waals surface area contributed by atoms with Crippen LogP contribution in [0.4, 0.5) is 4.79 Å². The summed E-state index contributed by atoms with van der Waals surface area (Å²) in [4.78, 5) is 11.9. The third-order valence-corrected chi connectivity index (χ3v) is 7.20. The molecule has 1 N–H and O–H groups in total. The Balaban J connectivity index is 1.35. The van der Waals surface area contributed by atoms with Crippen molar-refractivity contribution in [3.05, 3.63) is 24.4 Å². The van der Waals surface area contributed by atoms with Gasteiger partial charge in [-0.05, 0) is 91.6 Å². The molecule has 2 aromatic rings. The summed E-state index contributed by atoms with van der Waals surface area (Å²) in [6, 6.07) is 6.66. The van der Waals surface area contributed by atoms with Gasteiger partial charge in [-0.25, -0.2) is 4.79 Å². The third kappa shape index (κ3) is 5.38. The lowest BCUT2D eigenvalue weighted by Crippen LogP contribution is -2.41. The summed E-state index contributed by atoms with van der Waals surface area (Å²) in [5.74, 6) is 0.480. The lowest BCUT2D eigenvalue weighted by Gasteiger charge is -2.32. The minimum Gasteiger partial charge on any atom is -0.444 e. The van der Waals surface area contributed by atoms with E-state index < -0.39 is 5.60 Å². The highest BCUT2D eigenvalue weighted by Crippen LogP contribution is 2.37. The van der Waals surface area contributed by atoms with E-state index in [0.717, 1.165) is 42.0 Å². The summed E-state index contributed by atoms with van der Waals surface area (Å²) >= 11 is 0. The van der Waals surface area contributed by atoms with E-state index in [4.69, 9.17) is 19.1 Å². The van der Waals surface area contributed by atoms with Gasteiger partial charge in [-0.3, -0.25) is 4.68 Å². The molecule has 0 spiro atoms. The van der Waals surface area contributed by atoms with Crippen LogP contribution in [0.2, 0.25) is 0 Å². The number of rotatable bonds is 4. The summed E-state index contributed by atoms with van der Waals surface area (Å²) in [7, 11) is -0.377. The predicted molar refractivity (Wildman–Crippen MR) is 131 cm³/mol. The number of aromatic nitrogens is 2. The van der Waals surface area contributed by atoms with E-state index in [2.05, 4.69) is 62.1 Å². The molecule has 2 fully saturated rings. The molecule has 0 radical (unpaired) electrons. The average molecular weight is 455 g/mol. The Morgan fingerprint density at radius 2 is 1.79 bits per heavy atom. The molecule has 1 amide bonds. The maximum absolute atomic E-state index is 11.9. The summed E-state index contributed by atoms with van der Waals surface area (Å²) in [6.07, 6.45) is 6.05. The highest BCUT2D eigenvalue weighted by molar-refractivity contribution is 6.62. The SMILES string of the molecule is CC(C)(C)OC(=O)NCC1CCC(n2cc3ccc(B4OC(C)(C)C(C)(C)O4)cc3n2)CC1. The van der Waals surface area contributed by atoms with Crippen LogP contribution in [0.1, 0.15) is 80.2 Å². The van der Waals surface area contributed by atoms with Crippen LogP contribution < -0.4 is 10.8 Å². The van der Waals surface area contributed by atoms with Gasteiger partial charge >= 0.3 is 13.2 Å². The van der Waals surface area contributed by atoms with Crippen LogP contribution in [0.3, 0.4) is 0 Å². The number of amides is 1. The van der Waals surface area contributed by atoms with Crippen LogP contribution in [0.5, 0.6) is 0 Å². The maximum atomic E-state index is 11.9. The van der Waals surface area contributed by atoms with Gasteiger partial charge in [-0.2, -0.15) is 5.10 Å². The van der Waals surface area contributed by atoms with E-state index >= 15 is 0 Å². The van der Waals surface area contributed by atoms with Crippen molar-refractivity contribution in [3.63, 3.8) is 0 Å². The number of alkyl carbamates (subject to hydrolysis) is 1. The molecule has 2 aliphatic rings. The molecule has 8 heteroatoms. The summed E-state index contributed by atoms with van der Waals surface area (Å²) < 4.78 is 19.9. The molecule has 33 heavy (non-hydrogen) atoms. The van der Waals surface area contributed by atoms with Crippen LogP contribution in [-0.2, 0) is 14.0 Å². The van der Waals surface area contributed by atoms with Crippen molar-refractivity contribution in [1.29, 1.82) is 0 Å². The van der Waals surface area contributed by atoms with Gasteiger partial charge in [0.15, 0.2) is 0 Å². The zero-order valence-corrected chi connectivity index (χ0v) is 21.1. The third-order valence-electron chi connectivity index (χ3n) is 7.20. The maximum Gasteiger partial charge on any atom is 0.494 e. The Bertz CT molecular complexity index is 987. The fraction of sp³-hybridized carbons (Fsp3) is 0.680. The number of nitrogens with one attached hydrogen (secondary N) is 1. The van der Waals surface area contributed by atoms with Gasteiger partial charge in [0.2, 0.25) is 0 Å². The second-order valence-electron chi connectivity index (χ2n) is 11.6. The molecule has 0 unspecified atom stereocenters. The van der Waals surface area contributed by atoms with Crippen LogP contribution in [0, 0.1) is 5.92 Å². The van der Waals surface area contributed by atoms with Crippen LogP contribution in [0.25, 0.3) is 10.9 Å². The summed E-state index contributed by atoms with van der Waals surface area (Å²) in [5.41, 5.74) is 0.789. The van der Waals surface area contributed by atoms with E-state index in [1.165, 1.54) is 0 Å². The van der Waals surface area contributed by atoms with Crippen LogP contribution in [0.15, 0.2) is 24.4 Å². The van der Waals surface area contributed by atoms with Gasteiger partial charge in [0, 0.05) is 18.1 Å². The minimum absolute atomic E-state index is 0.333. The average Bonchev–Trinajstić information content (AvgIpc) is 3.22. The molecule has 4 rings (SSSR count). The number of hydrogen-bond acceptors (Lipinski definition) is 5. The monoisotopic (exact) mass is 455 g/mol. The molecule has 1 aromatic heterocycles. The summed E-state index contributed by atoms with van der Waals surface area (Å²) in [6.45, 7) is 14.6. The smallest absolute Gasteiger partial charge is 0.444 e. The minimum atomic E-state index is -0.466. The van der Waals surface area contributed by atoms with Gasteiger partial charge in [0.25, 0.3) is 0 Å². The topological polar surface area (TPSA) is 74.6 Å². The first-order valence-electron chi connectivity index (χ1n) is 12.1. The second kappa shape index (κ2) is 8.62. The Morgan fingerprint density at radius 3 is 2.39 bits per heavy atom. The number of benzene rings is 1. The fourth-order valence-corrected chi connectivity index (χ4v) is 4.52. The molecule has 180 valence electrons. The Morgan fingerprint density at radius 1 is 1.15 bits per heavy atom. The number of ether oxygens (including phenoxy) is 1. The van der Waals surface area contributed by atoms with E-state index in [-0.39, 0.29) is 24.4 Å². The zero-order valence-electron chi connectivity index (χ0n) is 21.1. The molecular formula is C25H38BN3O4. The second-order valence-corrected chi connectivity index (χ2v) is 11.6. The largest absolute Gasteiger partial charge is 0.494 e. The van der Waals surface area contributed by atoms with Gasteiger partial charge in [-0.1, -0.05) is 12.1 Å². The quantitative estimate of drug-likeness (QED) is 0.683. The van der Waals surface area contributed by atoms with E-state index in [9.17, 15) is 4.79 Å². The van der Waals surface area contributed by atoms with E-state index in [1.807, 2.05) is 20.8 Å². The Labute approximate surface area is 197 Å². The fourth-order valence-electron chi connectivity index (χ4n) is 4.52. The number of hydrogen-bond donors (Lipinski definition) is 1. The lowest BCUT2D eigenvalue weighted by molar-refractivity contribution is 0.00578. The number of fused-ring (bicyclic) bond motifs is 1. The van der Waals surface area contributed by atoms with Crippen molar-refractivity contribution in [2.75, 3.05) is 6.54 Å². The molecule has 1 saturated carbocycles. The van der Waals surface area contributed by atoms with Crippen molar-refractivity contribution < 1.29 is 18.8 Å². The molecule has 1 aliphatic carbocycles. The summed E-state index contributed by atoms with van der Waals surface area (Å²) in [5, 5.41) is 8.95. The number of carbonyl (C=O) groups excluding carboxylic acids is 1. The molecule has 1 saturated heterocycles. The van der Waals surface area contributed by atoms with Crippen molar-refractivity contribution in [2.45, 2.75) is 97.0 Å². The molecule has 1 aliphatic heterocycles. The first kappa shape index (κ1) is 24.1. The van der Waals surface area contributed by atoms with Crippen LogP contribution >= 0.6 is 0 Å². The van der Waals surface area contributed by atoms with Crippen molar-refractivity contribution >= 4 is 29.6 Å². The highest BCUT2D eigenvalue weighted by Gasteiger charge is 2.51. The number of carbonyl (C=O) groups is 1.